The van der Waals surface area contributed by atoms with Gasteiger partial charge in [-0.15, -0.1) is 0 Å². The van der Waals surface area contributed by atoms with E-state index in [2.05, 4.69) is 43.5 Å². The second kappa shape index (κ2) is 21.9. The average Bonchev–Trinajstić information content (AvgIpc) is 3.68. The minimum Gasteiger partial charge on any atom is -0.790 e. The summed E-state index contributed by atoms with van der Waals surface area (Å²) in [6, 6.07) is 0. The monoisotopic (exact) mass is 905 g/mol. The van der Waals surface area contributed by atoms with Gasteiger partial charge in [0.2, 0.25) is 11.8 Å². The zero-order chi connectivity index (χ0) is 43.5. The molecule has 1 saturated heterocycles. The van der Waals surface area contributed by atoms with E-state index in [0.717, 1.165) is 48.2 Å². The average molecular weight is 906 g/mol. The largest absolute Gasteiger partial charge is 0.790 e. The molecule has 2 amide bonds. The van der Waals surface area contributed by atoms with Gasteiger partial charge in [-0.05, 0) is 6.42 Å². The number of aromatic nitrogens is 4. The van der Waals surface area contributed by atoms with E-state index in [4.69, 9.17) is 10.5 Å². The Kier molecular flexibility index (Phi) is 18.8. The van der Waals surface area contributed by atoms with Crippen LogP contribution in [0, 0.1) is 5.41 Å². The molecule has 58 heavy (non-hydrogen) atoms. The Morgan fingerprint density at radius 1 is 1.05 bits per heavy atom. The summed E-state index contributed by atoms with van der Waals surface area (Å²) in [5, 5.41) is 35.9. The minimum absolute atomic E-state index is 0.00864. The first-order chi connectivity index (χ1) is 26.9. The zero-order valence-corrected chi connectivity index (χ0v) is 35.0. The molecule has 3 heterocycles. The fourth-order valence-corrected chi connectivity index (χ4v) is 8.73. The van der Waals surface area contributed by atoms with Crippen molar-refractivity contribution >= 4 is 69.1 Å². The summed E-state index contributed by atoms with van der Waals surface area (Å²) in [7, 11) is -17.6. The van der Waals surface area contributed by atoms with Gasteiger partial charge in [0, 0.05) is 37.1 Å². The van der Waals surface area contributed by atoms with Crippen LogP contribution in [0.4, 0.5) is 5.82 Å². The number of aliphatic hydroxyl groups excluding tert-OH is 3. The van der Waals surface area contributed by atoms with Gasteiger partial charge in [-0.2, -0.15) is 0 Å². The summed E-state index contributed by atoms with van der Waals surface area (Å²) in [5.74, 6) is -1.34. The first-order valence-electron chi connectivity index (χ1n) is 17.6. The van der Waals surface area contributed by atoms with Gasteiger partial charge < -0.3 is 74.1 Å². The van der Waals surface area contributed by atoms with Crippen molar-refractivity contribution in [3.63, 3.8) is 0 Å². The van der Waals surface area contributed by atoms with Crippen molar-refractivity contribution in [2.24, 2.45) is 5.41 Å². The van der Waals surface area contributed by atoms with Gasteiger partial charge in [-0.3, -0.25) is 28.1 Å². The molecule has 8 atom stereocenters. The Bertz CT molecular complexity index is 1850. The lowest BCUT2D eigenvalue weighted by atomic mass is 9.87. The number of carbonyl (C=O) groups is 3. The van der Waals surface area contributed by atoms with Crippen molar-refractivity contribution in [3.8, 4) is 0 Å². The number of amides is 2. The van der Waals surface area contributed by atoms with Crippen LogP contribution >= 0.6 is 35.2 Å². The van der Waals surface area contributed by atoms with E-state index in [-0.39, 0.29) is 53.8 Å². The Morgan fingerprint density at radius 2 is 1.74 bits per heavy atom. The lowest BCUT2D eigenvalue weighted by Gasteiger charge is -2.36. The van der Waals surface area contributed by atoms with Crippen LogP contribution in [0.25, 0.3) is 11.2 Å². The number of ether oxygens (including phenoxy) is 1. The molecule has 7 N–H and O–H groups in total. The number of hydrogen-bond donors (Lipinski definition) is 6. The van der Waals surface area contributed by atoms with Crippen LogP contribution in [-0.4, -0.2) is 114 Å². The van der Waals surface area contributed by atoms with Crippen molar-refractivity contribution in [2.45, 2.75) is 96.0 Å². The molecular formula is C29H46N7O18P3S-4. The highest BCUT2D eigenvalue weighted by Crippen LogP contribution is 2.56. The van der Waals surface area contributed by atoms with Crippen LogP contribution < -0.4 is 35.9 Å². The highest BCUT2D eigenvalue weighted by Gasteiger charge is 2.47. The molecule has 0 radical (unpaired) electrons. The molecule has 1 fully saturated rings. The van der Waals surface area contributed by atoms with Crippen molar-refractivity contribution < 1.29 is 85.6 Å². The smallest absolute Gasteiger partial charge is 0.274 e. The molecule has 0 aliphatic carbocycles. The van der Waals surface area contributed by atoms with E-state index < -0.39 is 90.7 Å². The molecule has 330 valence electrons. The van der Waals surface area contributed by atoms with Crippen LogP contribution in [-0.2, 0) is 50.7 Å². The molecule has 1 aliphatic heterocycles. The van der Waals surface area contributed by atoms with Gasteiger partial charge in [0.15, 0.2) is 22.8 Å². The van der Waals surface area contributed by atoms with Crippen molar-refractivity contribution in [2.75, 3.05) is 37.8 Å². The summed E-state index contributed by atoms with van der Waals surface area (Å²) in [6.07, 6.45) is -5.05. The summed E-state index contributed by atoms with van der Waals surface area (Å²) in [6.45, 7) is 2.01. The predicted molar refractivity (Wildman–Crippen MR) is 193 cm³/mol. The van der Waals surface area contributed by atoms with Gasteiger partial charge in [-0.1, -0.05) is 51.8 Å². The second-order valence-electron chi connectivity index (χ2n) is 13.6. The first kappa shape index (κ1) is 49.9. The van der Waals surface area contributed by atoms with Crippen molar-refractivity contribution in [1.82, 2.24) is 30.2 Å². The fraction of sp³-hybridized carbons (Fsp3) is 0.724. The highest BCUT2D eigenvalue weighted by molar-refractivity contribution is 8.13. The Labute approximate surface area is 336 Å². The number of imidazole rings is 1. The van der Waals surface area contributed by atoms with E-state index >= 15 is 0 Å². The number of hydrogen-bond acceptors (Lipinski definition) is 23. The number of anilines is 1. The molecule has 0 spiro atoms. The lowest BCUT2D eigenvalue weighted by molar-refractivity contribution is -0.347. The standard InChI is InChI=1S/C29H50N7O18P3S/c1-4-5-6-7-17(37)12-20(39)58-11-10-31-19(38)8-9-32-27(42)24(41)29(2,3)14-51-57(48,49)54-56(46,47)50-13-18-23(53-55(43,44)45)22(40)28(52-18)36-16-35-21-25(30)33-15-34-26(21)36/h15-18,22-24,28,37,40-41H,4-14H2,1-3H3,(H,31,38)(H,32,42)(H,46,47)(H,48,49)(H2,30,33,34)(H2,43,44,45)/p-4/t17-,18+,22+,23+,24-,28+/m0/s1. The number of phosphoric acid groups is 3. The fourth-order valence-electron chi connectivity index (χ4n) is 5.26. The van der Waals surface area contributed by atoms with Gasteiger partial charge in [0.25, 0.3) is 15.6 Å². The third kappa shape index (κ3) is 15.8. The minimum atomic E-state index is -5.92. The molecule has 1 aliphatic rings. The van der Waals surface area contributed by atoms with Gasteiger partial charge in [0.05, 0.1) is 33.5 Å². The topological polar surface area (TPSA) is 395 Å². The number of nitrogens with two attached hydrogens (primary N) is 1. The molecule has 2 aromatic heterocycles. The number of rotatable bonds is 25. The SMILES string of the molecule is CCCCC[C@H](O)CC(=O)SCCNC(=O)CCNC(=O)[C@H](O)C(C)(C)COP(=O)([O-])OP(=O)([O-])OC[C@H]1O[C@@H](n2cnc3c(N)ncnc32)[C@H](O)[C@@H]1OP(=O)([O-])[O-]. The molecule has 0 aromatic carbocycles. The molecule has 2 aromatic rings. The van der Waals surface area contributed by atoms with E-state index in [1.807, 2.05) is 6.92 Å². The highest BCUT2D eigenvalue weighted by atomic mass is 32.2. The second-order valence-corrected chi connectivity index (χ2v) is 18.8. The Hall–Kier alpha value is -2.48. The number of aliphatic hydroxyl groups is 3. The molecule has 29 heteroatoms. The Morgan fingerprint density at radius 3 is 2.41 bits per heavy atom. The van der Waals surface area contributed by atoms with Crippen LogP contribution in [0.1, 0.15) is 65.5 Å². The van der Waals surface area contributed by atoms with E-state index in [0.29, 0.717) is 6.42 Å². The molecule has 3 rings (SSSR count). The zero-order valence-electron chi connectivity index (χ0n) is 31.5. The van der Waals surface area contributed by atoms with E-state index in [1.54, 1.807) is 0 Å². The van der Waals surface area contributed by atoms with E-state index in [1.165, 1.54) is 13.8 Å². The van der Waals surface area contributed by atoms with Gasteiger partial charge >= 0.3 is 0 Å². The normalized spacial score (nSPS) is 21.9. The van der Waals surface area contributed by atoms with Crippen LogP contribution in [0.15, 0.2) is 12.7 Å². The molecule has 0 bridgehead atoms. The third-order valence-corrected chi connectivity index (χ3v) is 12.2. The number of unbranched alkanes of at least 4 members (excludes halogenated alkanes) is 2. The summed E-state index contributed by atoms with van der Waals surface area (Å²) in [4.78, 5) is 96.1. The lowest BCUT2D eigenvalue weighted by Crippen LogP contribution is -2.46. The van der Waals surface area contributed by atoms with Gasteiger partial charge in [0.1, 0.15) is 36.3 Å². The van der Waals surface area contributed by atoms with E-state index in [9.17, 15) is 63.0 Å². The van der Waals surface area contributed by atoms with Crippen LogP contribution in [0.3, 0.4) is 0 Å². The summed E-state index contributed by atoms with van der Waals surface area (Å²) >= 11 is 0.966. The van der Waals surface area contributed by atoms with Crippen molar-refractivity contribution in [1.29, 1.82) is 0 Å². The maximum atomic E-state index is 12.5. The number of fused-ring (bicyclic) bond motifs is 1. The predicted octanol–water partition coefficient (Wildman–Crippen LogP) is -2.53. The molecule has 2 unspecified atom stereocenters. The molecule has 0 saturated carbocycles. The summed E-state index contributed by atoms with van der Waals surface area (Å²) in [5.41, 5.74) is 4.05. The maximum Gasteiger partial charge on any atom is 0.274 e. The number of thioether (sulfide) groups is 1. The van der Waals surface area contributed by atoms with Crippen molar-refractivity contribution in [3.05, 3.63) is 12.7 Å². The molecular weight excluding hydrogens is 859 g/mol. The summed E-state index contributed by atoms with van der Waals surface area (Å²) < 4.78 is 60.5. The van der Waals surface area contributed by atoms with Crippen LogP contribution in [0.2, 0.25) is 0 Å². The number of nitrogens with zero attached hydrogens (tertiary/aromatic N) is 4. The molecule has 25 nitrogen and oxygen atoms in total. The maximum absolute atomic E-state index is 12.5. The first-order valence-corrected chi connectivity index (χ1v) is 23.0. The number of carbonyl (C=O) groups excluding carboxylic acids is 3. The third-order valence-electron chi connectivity index (χ3n) is 8.28. The Balaban J connectivity index is 1.45. The van der Waals surface area contributed by atoms with Gasteiger partial charge in [-0.25, -0.2) is 19.3 Å². The quantitative estimate of drug-likeness (QED) is 0.0442. The number of phosphoric ester groups is 3. The van der Waals surface area contributed by atoms with Crippen LogP contribution in [0.5, 0.6) is 0 Å². The number of nitrogen functional groups attached to an aromatic ring is 1. The number of nitrogens with one attached hydrogen (secondary N) is 2.